The van der Waals surface area contributed by atoms with Crippen molar-refractivity contribution in [1.29, 1.82) is 0 Å². The number of benzene rings is 2. The predicted octanol–water partition coefficient (Wildman–Crippen LogP) is 4.11. The zero-order chi connectivity index (χ0) is 17.8. The summed E-state index contributed by atoms with van der Waals surface area (Å²) in [4.78, 5) is 4.50. The Morgan fingerprint density at radius 3 is 2.58 bits per heavy atom. The van der Waals surface area contributed by atoms with Gasteiger partial charge in [-0.2, -0.15) is 10.2 Å². The third-order valence-electron chi connectivity index (χ3n) is 3.59. The largest absolute Gasteiger partial charge is 0.457 e. The van der Waals surface area contributed by atoms with Gasteiger partial charge in [-0.3, -0.25) is 5.10 Å². The molecule has 0 bridgehead atoms. The van der Waals surface area contributed by atoms with Gasteiger partial charge >= 0.3 is 0 Å². The SMILES string of the molecule is Cc1cc(Nc2cnnc(-c3cccc(Oc4ccccc4)c3)n2)n[nH]1. The number of hydrogen-bond acceptors (Lipinski definition) is 6. The van der Waals surface area contributed by atoms with E-state index < -0.39 is 0 Å². The minimum Gasteiger partial charge on any atom is -0.457 e. The summed E-state index contributed by atoms with van der Waals surface area (Å²) in [6, 6.07) is 19.1. The maximum absolute atomic E-state index is 5.86. The van der Waals surface area contributed by atoms with Crippen LogP contribution in [0, 0.1) is 6.92 Å². The van der Waals surface area contributed by atoms with E-state index in [0.717, 1.165) is 17.0 Å². The molecule has 2 aromatic heterocycles. The molecule has 0 atom stereocenters. The fraction of sp³-hybridized carbons (Fsp3) is 0.0526. The van der Waals surface area contributed by atoms with Crippen molar-refractivity contribution in [3.8, 4) is 22.9 Å². The topological polar surface area (TPSA) is 88.6 Å². The molecule has 7 nitrogen and oxygen atoms in total. The molecule has 4 aromatic rings. The van der Waals surface area contributed by atoms with Gasteiger partial charge in [0.05, 0.1) is 6.20 Å². The van der Waals surface area contributed by atoms with Crippen LogP contribution in [-0.2, 0) is 0 Å². The van der Waals surface area contributed by atoms with E-state index in [9.17, 15) is 0 Å². The Balaban J connectivity index is 1.57. The van der Waals surface area contributed by atoms with Gasteiger partial charge in [-0.05, 0) is 31.2 Å². The molecular weight excluding hydrogens is 328 g/mol. The van der Waals surface area contributed by atoms with Crippen molar-refractivity contribution in [2.45, 2.75) is 6.92 Å². The number of nitrogens with zero attached hydrogens (tertiary/aromatic N) is 4. The molecule has 0 aliphatic rings. The number of aromatic nitrogens is 5. The summed E-state index contributed by atoms with van der Waals surface area (Å²) in [7, 11) is 0. The molecule has 4 rings (SSSR count). The quantitative estimate of drug-likeness (QED) is 0.566. The van der Waals surface area contributed by atoms with E-state index in [1.807, 2.05) is 67.6 Å². The third-order valence-corrected chi connectivity index (χ3v) is 3.59. The number of aromatic amines is 1. The molecule has 0 saturated carbocycles. The van der Waals surface area contributed by atoms with Crippen LogP contribution in [0.25, 0.3) is 11.4 Å². The van der Waals surface area contributed by atoms with Gasteiger partial charge in [0.2, 0.25) is 0 Å². The van der Waals surface area contributed by atoms with Crippen LogP contribution in [0.1, 0.15) is 5.69 Å². The highest BCUT2D eigenvalue weighted by Gasteiger charge is 2.07. The van der Waals surface area contributed by atoms with Crippen molar-refractivity contribution < 1.29 is 4.74 Å². The van der Waals surface area contributed by atoms with Crippen molar-refractivity contribution in [3.05, 3.63) is 72.6 Å². The Morgan fingerprint density at radius 1 is 0.923 bits per heavy atom. The normalized spacial score (nSPS) is 10.5. The van der Waals surface area contributed by atoms with Gasteiger partial charge in [-0.15, -0.1) is 5.10 Å². The van der Waals surface area contributed by atoms with Gasteiger partial charge in [-0.25, -0.2) is 4.98 Å². The third kappa shape index (κ3) is 3.67. The van der Waals surface area contributed by atoms with Crippen LogP contribution >= 0.6 is 0 Å². The summed E-state index contributed by atoms with van der Waals surface area (Å²) in [5.74, 6) is 3.22. The van der Waals surface area contributed by atoms with Crippen LogP contribution in [0.3, 0.4) is 0 Å². The molecule has 7 heteroatoms. The fourth-order valence-electron chi connectivity index (χ4n) is 2.42. The number of H-pyrrole nitrogens is 1. The van der Waals surface area contributed by atoms with Gasteiger partial charge in [-0.1, -0.05) is 30.3 Å². The van der Waals surface area contributed by atoms with Crippen molar-refractivity contribution >= 4 is 11.6 Å². The van der Waals surface area contributed by atoms with Gasteiger partial charge in [0.15, 0.2) is 17.5 Å². The number of nitrogens with one attached hydrogen (secondary N) is 2. The smallest absolute Gasteiger partial charge is 0.183 e. The second kappa shape index (κ2) is 7.02. The lowest BCUT2D eigenvalue weighted by Gasteiger charge is -2.07. The lowest BCUT2D eigenvalue weighted by molar-refractivity contribution is 0.483. The predicted molar refractivity (Wildman–Crippen MR) is 98.4 cm³/mol. The molecule has 0 amide bonds. The summed E-state index contributed by atoms with van der Waals surface area (Å²) in [6.45, 7) is 1.93. The minimum atomic E-state index is 0.501. The minimum absolute atomic E-state index is 0.501. The molecule has 0 unspecified atom stereocenters. The van der Waals surface area contributed by atoms with Gasteiger partial charge < -0.3 is 10.1 Å². The van der Waals surface area contributed by atoms with Crippen molar-refractivity contribution in [1.82, 2.24) is 25.4 Å². The molecule has 2 heterocycles. The number of rotatable bonds is 5. The maximum Gasteiger partial charge on any atom is 0.183 e. The summed E-state index contributed by atoms with van der Waals surface area (Å²) in [6.07, 6.45) is 1.55. The molecule has 0 saturated heterocycles. The van der Waals surface area contributed by atoms with Crippen LogP contribution in [-0.4, -0.2) is 25.4 Å². The second-order valence-corrected chi connectivity index (χ2v) is 5.67. The van der Waals surface area contributed by atoms with Crippen molar-refractivity contribution in [2.24, 2.45) is 0 Å². The number of aryl methyl sites for hydroxylation is 1. The van der Waals surface area contributed by atoms with E-state index in [0.29, 0.717) is 23.2 Å². The van der Waals surface area contributed by atoms with Gasteiger partial charge in [0.1, 0.15) is 11.5 Å². The Kier molecular flexibility index (Phi) is 4.26. The Hall–Kier alpha value is -3.74. The summed E-state index contributed by atoms with van der Waals surface area (Å²) in [5, 5.41) is 18.2. The first-order chi connectivity index (χ1) is 12.8. The zero-order valence-electron chi connectivity index (χ0n) is 14.0. The summed E-state index contributed by atoms with van der Waals surface area (Å²) < 4.78 is 5.86. The highest BCUT2D eigenvalue weighted by atomic mass is 16.5. The van der Waals surface area contributed by atoms with Crippen molar-refractivity contribution in [2.75, 3.05) is 5.32 Å². The summed E-state index contributed by atoms with van der Waals surface area (Å²) in [5.41, 5.74) is 1.77. The Labute approximate surface area is 150 Å². The molecule has 0 aliphatic carbocycles. The fourth-order valence-corrected chi connectivity index (χ4v) is 2.42. The Morgan fingerprint density at radius 2 is 1.77 bits per heavy atom. The van der Waals surface area contributed by atoms with E-state index >= 15 is 0 Å². The molecule has 2 aromatic carbocycles. The number of hydrogen-bond donors (Lipinski definition) is 2. The number of anilines is 2. The van der Waals surface area contributed by atoms with E-state index in [1.165, 1.54) is 0 Å². The lowest BCUT2D eigenvalue weighted by Crippen LogP contribution is -1.99. The van der Waals surface area contributed by atoms with Crippen LogP contribution in [0.4, 0.5) is 11.6 Å². The molecule has 128 valence electrons. The molecule has 26 heavy (non-hydrogen) atoms. The van der Waals surface area contributed by atoms with Gasteiger partial charge in [0.25, 0.3) is 0 Å². The first-order valence-corrected chi connectivity index (χ1v) is 8.08. The summed E-state index contributed by atoms with van der Waals surface area (Å²) >= 11 is 0. The number of ether oxygens (including phenoxy) is 1. The highest BCUT2D eigenvalue weighted by molar-refractivity contribution is 5.60. The lowest BCUT2D eigenvalue weighted by atomic mass is 10.2. The standard InChI is InChI=1S/C19H16N6O/c1-13-10-17(24-23-13)21-18-12-20-25-19(22-18)14-6-5-9-16(11-14)26-15-7-3-2-4-8-15/h2-12H,1H3,(H2,21,22,23,24,25). The maximum atomic E-state index is 5.86. The average molecular weight is 344 g/mol. The first kappa shape index (κ1) is 15.8. The second-order valence-electron chi connectivity index (χ2n) is 5.67. The van der Waals surface area contributed by atoms with Crippen molar-refractivity contribution in [3.63, 3.8) is 0 Å². The molecule has 0 spiro atoms. The van der Waals surface area contributed by atoms with Gasteiger partial charge in [0, 0.05) is 17.3 Å². The molecular formula is C19H16N6O. The van der Waals surface area contributed by atoms with Crippen LogP contribution in [0.5, 0.6) is 11.5 Å². The average Bonchev–Trinajstić information content (AvgIpc) is 3.08. The first-order valence-electron chi connectivity index (χ1n) is 8.08. The highest BCUT2D eigenvalue weighted by Crippen LogP contribution is 2.26. The number of para-hydroxylation sites is 1. The molecule has 0 fully saturated rings. The molecule has 0 radical (unpaired) electrons. The van der Waals surface area contributed by atoms with E-state index in [-0.39, 0.29) is 0 Å². The van der Waals surface area contributed by atoms with E-state index in [2.05, 4.69) is 30.7 Å². The molecule has 2 N–H and O–H groups in total. The Bertz CT molecular complexity index is 1020. The van der Waals surface area contributed by atoms with E-state index in [4.69, 9.17) is 4.74 Å². The van der Waals surface area contributed by atoms with E-state index in [1.54, 1.807) is 6.20 Å². The molecule has 0 aliphatic heterocycles. The van der Waals surface area contributed by atoms with Crippen LogP contribution in [0.15, 0.2) is 66.9 Å². The van der Waals surface area contributed by atoms with Crippen LogP contribution < -0.4 is 10.1 Å². The zero-order valence-corrected chi connectivity index (χ0v) is 14.0. The van der Waals surface area contributed by atoms with Crippen LogP contribution in [0.2, 0.25) is 0 Å². The monoisotopic (exact) mass is 344 g/mol.